The molecule has 1 saturated carbocycles. The zero-order valence-electron chi connectivity index (χ0n) is 9.73. The summed E-state index contributed by atoms with van der Waals surface area (Å²) in [5.41, 5.74) is 4.61. The van der Waals surface area contributed by atoms with Crippen LogP contribution in [0.25, 0.3) is 0 Å². The van der Waals surface area contributed by atoms with Gasteiger partial charge in [0, 0.05) is 0 Å². The van der Waals surface area contributed by atoms with Crippen molar-refractivity contribution >= 4 is 0 Å². The van der Waals surface area contributed by atoms with Gasteiger partial charge in [-0.2, -0.15) is 0 Å². The summed E-state index contributed by atoms with van der Waals surface area (Å²) in [7, 11) is 0.500. The molecule has 0 unspecified atom stereocenters. The van der Waals surface area contributed by atoms with Gasteiger partial charge in [0.1, 0.15) is 6.17 Å². The van der Waals surface area contributed by atoms with Gasteiger partial charge >= 0.3 is 0 Å². The van der Waals surface area contributed by atoms with E-state index in [9.17, 15) is 8.78 Å². The van der Waals surface area contributed by atoms with Gasteiger partial charge in [-0.15, -0.1) is 0 Å². The van der Waals surface area contributed by atoms with Gasteiger partial charge < -0.3 is 5.73 Å². The number of hydrogen-bond donors (Lipinski definition) is 1. The van der Waals surface area contributed by atoms with Gasteiger partial charge in [-0.25, -0.2) is 4.39 Å². The molecule has 0 saturated heterocycles. The first-order chi connectivity index (χ1) is 6.81. The van der Waals surface area contributed by atoms with Crippen molar-refractivity contribution in [2.24, 2.45) is 5.73 Å². The third-order valence-corrected chi connectivity index (χ3v) is 1.53. The first-order valence-electron chi connectivity index (χ1n) is 5.15. The van der Waals surface area contributed by atoms with Crippen molar-refractivity contribution in [2.75, 3.05) is 7.18 Å². The zero-order valence-corrected chi connectivity index (χ0v) is 9.73. The lowest BCUT2D eigenvalue weighted by molar-refractivity contribution is 0.251. The molecule has 1 fully saturated rings. The van der Waals surface area contributed by atoms with E-state index in [1.165, 1.54) is 12.6 Å². The number of alkyl halides is 2. The highest BCUT2D eigenvalue weighted by atomic mass is 19.1. The molecule has 0 aliphatic heterocycles. The molecule has 0 bridgehead atoms. The monoisotopic (exact) mass is 209 g/mol. The van der Waals surface area contributed by atoms with Gasteiger partial charge in [0.15, 0.2) is 0 Å². The molecular formula is C11H25F2N. The smallest absolute Gasteiger partial charge is 0.100 e. The molecule has 0 aromatic heterocycles. The van der Waals surface area contributed by atoms with E-state index in [4.69, 9.17) is 0 Å². The summed E-state index contributed by atoms with van der Waals surface area (Å²) in [6.45, 7) is 7.14. The average molecular weight is 209 g/mol. The van der Waals surface area contributed by atoms with Crippen molar-refractivity contribution in [3.8, 4) is 0 Å². The Morgan fingerprint density at radius 1 is 1.14 bits per heavy atom. The Labute approximate surface area is 87.4 Å². The minimum Gasteiger partial charge on any atom is -0.405 e. The zero-order chi connectivity index (χ0) is 11.8. The lowest BCUT2D eigenvalue weighted by Gasteiger charge is -2.12. The van der Waals surface area contributed by atoms with Gasteiger partial charge in [0.25, 0.3) is 0 Å². The Balaban J connectivity index is -0.000000148. The summed E-state index contributed by atoms with van der Waals surface area (Å²) in [5, 5.41) is 0. The molecular weight excluding hydrogens is 184 g/mol. The Hall–Kier alpha value is -0.600. The number of nitrogens with two attached hydrogens (primary N) is 1. The lowest BCUT2D eigenvalue weighted by atomic mass is 9.99. The second-order valence-electron chi connectivity index (χ2n) is 2.47. The van der Waals surface area contributed by atoms with Gasteiger partial charge in [0.2, 0.25) is 0 Å². The molecule has 1 aliphatic rings. The largest absolute Gasteiger partial charge is 0.405 e. The minimum absolute atomic E-state index is 0.464. The predicted octanol–water partition coefficient (Wildman–Crippen LogP) is 3.99. The Morgan fingerprint density at radius 2 is 1.43 bits per heavy atom. The van der Waals surface area contributed by atoms with Gasteiger partial charge in [0.05, 0.1) is 7.18 Å². The van der Waals surface area contributed by atoms with E-state index in [2.05, 4.69) is 12.3 Å². The van der Waals surface area contributed by atoms with Crippen LogP contribution >= 0.6 is 0 Å². The summed E-state index contributed by atoms with van der Waals surface area (Å²) in [6, 6.07) is 0. The van der Waals surface area contributed by atoms with Crippen molar-refractivity contribution in [3.05, 3.63) is 12.8 Å². The average Bonchev–Trinajstić information content (AvgIpc) is 2.26. The number of halogens is 2. The van der Waals surface area contributed by atoms with Gasteiger partial charge in [-0.05, 0) is 19.0 Å². The fraction of sp³-hybridized carbons (Fsp3) is 0.818. The minimum atomic E-state index is -0.464. The van der Waals surface area contributed by atoms with Crippen LogP contribution in [0, 0.1) is 0 Å². The standard InChI is InChI=1S/C6H11F.C2H5N.C2H6.CH3F/c7-6-4-2-1-3-5-6;1-2-3;2*1-2/h6H,1-5H2;2H,1,3H2;1-2H3;1H3. The number of hydrogen-bond acceptors (Lipinski definition) is 1. The summed E-state index contributed by atoms with van der Waals surface area (Å²) in [5.74, 6) is 0. The van der Waals surface area contributed by atoms with E-state index in [0.717, 1.165) is 25.7 Å². The Morgan fingerprint density at radius 3 is 1.57 bits per heavy atom. The van der Waals surface area contributed by atoms with Gasteiger partial charge in [-0.3, -0.25) is 4.39 Å². The summed E-state index contributed by atoms with van der Waals surface area (Å²) >= 11 is 0. The maximum atomic E-state index is 12.2. The molecule has 0 spiro atoms. The van der Waals surface area contributed by atoms with E-state index >= 15 is 0 Å². The van der Waals surface area contributed by atoms with Crippen molar-refractivity contribution in [1.82, 2.24) is 0 Å². The molecule has 0 amide bonds. The molecule has 14 heavy (non-hydrogen) atoms. The highest BCUT2D eigenvalue weighted by Gasteiger charge is 2.09. The first-order valence-corrected chi connectivity index (χ1v) is 5.15. The fourth-order valence-electron chi connectivity index (χ4n) is 1.05. The van der Waals surface area contributed by atoms with Crippen LogP contribution in [0.4, 0.5) is 8.78 Å². The second-order valence-corrected chi connectivity index (χ2v) is 2.47. The van der Waals surface area contributed by atoms with Crippen LogP contribution in [0.2, 0.25) is 0 Å². The van der Waals surface area contributed by atoms with Gasteiger partial charge in [-0.1, -0.05) is 39.7 Å². The molecule has 1 rings (SSSR count). The Bertz CT molecular complexity index is 81.4. The molecule has 0 heterocycles. The normalized spacial score (nSPS) is 14.4. The molecule has 3 heteroatoms. The van der Waals surface area contributed by atoms with E-state index < -0.39 is 6.17 Å². The highest BCUT2D eigenvalue weighted by molar-refractivity contribution is 4.62. The van der Waals surface area contributed by atoms with Crippen LogP contribution in [0.5, 0.6) is 0 Å². The SMILES string of the molecule is C=CN.CC.CF.FC1CCCCC1. The van der Waals surface area contributed by atoms with E-state index in [0.29, 0.717) is 7.18 Å². The fourth-order valence-corrected chi connectivity index (χ4v) is 1.05. The molecule has 0 atom stereocenters. The maximum absolute atomic E-state index is 12.2. The summed E-state index contributed by atoms with van der Waals surface area (Å²) < 4.78 is 21.7. The van der Waals surface area contributed by atoms with Crippen LogP contribution in [-0.2, 0) is 0 Å². The number of rotatable bonds is 0. The van der Waals surface area contributed by atoms with Crippen LogP contribution in [0.15, 0.2) is 12.8 Å². The molecule has 0 radical (unpaired) electrons. The molecule has 2 N–H and O–H groups in total. The van der Waals surface area contributed by atoms with Crippen LogP contribution in [0.3, 0.4) is 0 Å². The van der Waals surface area contributed by atoms with Crippen LogP contribution < -0.4 is 5.73 Å². The van der Waals surface area contributed by atoms with Crippen LogP contribution in [0.1, 0.15) is 46.0 Å². The molecule has 1 nitrogen and oxygen atoms in total. The third kappa shape index (κ3) is 22.5. The van der Waals surface area contributed by atoms with Crippen molar-refractivity contribution in [2.45, 2.75) is 52.1 Å². The maximum Gasteiger partial charge on any atom is 0.100 e. The molecule has 0 aromatic carbocycles. The Kier molecular flexibility index (Phi) is 31.1. The van der Waals surface area contributed by atoms with Crippen molar-refractivity contribution in [1.29, 1.82) is 0 Å². The third-order valence-electron chi connectivity index (χ3n) is 1.53. The van der Waals surface area contributed by atoms with E-state index in [1.54, 1.807) is 0 Å². The van der Waals surface area contributed by atoms with Crippen molar-refractivity contribution < 1.29 is 8.78 Å². The van der Waals surface area contributed by atoms with E-state index in [1.807, 2.05) is 13.8 Å². The molecule has 1 aliphatic carbocycles. The van der Waals surface area contributed by atoms with Crippen LogP contribution in [-0.4, -0.2) is 13.3 Å². The molecule has 88 valence electrons. The van der Waals surface area contributed by atoms with Crippen molar-refractivity contribution in [3.63, 3.8) is 0 Å². The first kappa shape index (κ1) is 19.0. The second kappa shape index (κ2) is 22.8. The quantitative estimate of drug-likeness (QED) is 0.641. The summed E-state index contributed by atoms with van der Waals surface area (Å²) in [6.07, 6.45) is 5.90. The summed E-state index contributed by atoms with van der Waals surface area (Å²) in [4.78, 5) is 0. The highest BCUT2D eigenvalue weighted by Crippen LogP contribution is 2.19. The molecule has 0 aromatic rings. The van der Waals surface area contributed by atoms with E-state index in [-0.39, 0.29) is 0 Å². The topological polar surface area (TPSA) is 26.0 Å². The predicted molar refractivity (Wildman–Crippen MR) is 60.7 cm³/mol. The lowest BCUT2D eigenvalue weighted by Crippen LogP contribution is -2.04.